The van der Waals surface area contributed by atoms with Crippen LogP contribution >= 0.6 is 0 Å². The van der Waals surface area contributed by atoms with E-state index in [2.05, 4.69) is 16.6 Å². The van der Waals surface area contributed by atoms with Gasteiger partial charge in [0.05, 0.1) is 12.2 Å². The lowest BCUT2D eigenvalue weighted by Gasteiger charge is -2.33. The molecule has 5 heteroatoms. The first-order valence-electron chi connectivity index (χ1n) is 5.75. The lowest BCUT2D eigenvalue weighted by Crippen LogP contribution is -2.47. The summed E-state index contributed by atoms with van der Waals surface area (Å²) in [6.45, 7) is 9.39. The number of carbonyl (C=O) groups is 1. The molecule has 0 spiro atoms. The largest absolute Gasteiger partial charge is 0.360 e. The smallest absolute Gasteiger partial charge is 0.246 e. The van der Waals surface area contributed by atoms with Crippen LogP contribution in [0.1, 0.15) is 11.5 Å². The van der Waals surface area contributed by atoms with Crippen LogP contribution in [0.25, 0.3) is 0 Å². The van der Waals surface area contributed by atoms with Gasteiger partial charge >= 0.3 is 0 Å². The van der Waals surface area contributed by atoms with E-state index in [4.69, 9.17) is 4.52 Å². The lowest BCUT2D eigenvalue weighted by molar-refractivity contribution is -0.127. The molecule has 0 N–H and O–H groups in total. The van der Waals surface area contributed by atoms with E-state index < -0.39 is 0 Å². The normalized spacial score (nSPS) is 17.1. The van der Waals surface area contributed by atoms with Crippen LogP contribution in [-0.4, -0.2) is 47.0 Å². The van der Waals surface area contributed by atoms with Gasteiger partial charge < -0.3 is 9.42 Å². The van der Waals surface area contributed by atoms with Crippen LogP contribution in [0.3, 0.4) is 0 Å². The topological polar surface area (TPSA) is 49.6 Å². The van der Waals surface area contributed by atoms with Gasteiger partial charge in [0.1, 0.15) is 0 Å². The van der Waals surface area contributed by atoms with Crippen molar-refractivity contribution in [2.45, 2.75) is 13.5 Å². The summed E-state index contributed by atoms with van der Waals surface area (Å²) in [6, 6.07) is 1.95. The van der Waals surface area contributed by atoms with Crippen molar-refractivity contribution in [3.63, 3.8) is 0 Å². The molecule has 5 nitrogen and oxygen atoms in total. The molecule has 1 aliphatic rings. The molecule has 0 atom stereocenters. The van der Waals surface area contributed by atoms with Gasteiger partial charge in [0.25, 0.3) is 0 Å². The summed E-state index contributed by atoms with van der Waals surface area (Å²) in [5.74, 6) is 0.895. The molecular formula is C12H17N3O2. The van der Waals surface area contributed by atoms with Crippen molar-refractivity contribution < 1.29 is 9.32 Å². The monoisotopic (exact) mass is 235 g/mol. The summed E-state index contributed by atoms with van der Waals surface area (Å²) in [5, 5.41) is 3.86. The van der Waals surface area contributed by atoms with Gasteiger partial charge in [-0.1, -0.05) is 11.7 Å². The van der Waals surface area contributed by atoms with Crippen molar-refractivity contribution in [2.75, 3.05) is 26.2 Å². The third-order valence-corrected chi connectivity index (χ3v) is 2.91. The third kappa shape index (κ3) is 2.94. The Morgan fingerprint density at radius 2 is 2.24 bits per heavy atom. The molecule has 1 aromatic heterocycles. The Morgan fingerprint density at radius 3 is 2.76 bits per heavy atom. The number of amides is 1. The molecule has 0 radical (unpaired) electrons. The maximum absolute atomic E-state index is 11.4. The Labute approximate surface area is 101 Å². The predicted octanol–water partition coefficient (Wildman–Crippen LogP) is 0.813. The van der Waals surface area contributed by atoms with E-state index in [0.717, 1.165) is 44.2 Å². The fraction of sp³-hybridized carbons (Fsp3) is 0.500. The van der Waals surface area contributed by atoms with E-state index in [0.29, 0.717) is 0 Å². The predicted molar refractivity (Wildman–Crippen MR) is 63.3 cm³/mol. The second-order valence-electron chi connectivity index (χ2n) is 4.24. The van der Waals surface area contributed by atoms with E-state index in [1.807, 2.05) is 17.9 Å². The van der Waals surface area contributed by atoms with Crippen molar-refractivity contribution >= 4 is 5.91 Å². The molecule has 92 valence electrons. The fourth-order valence-electron chi connectivity index (χ4n) is 1.97. The van der Waals surface area contributed by atoms with E-state index in [9.17, 15) is 4.79 Å². The van der Waals surface area contributed by atoms with E-state index in [-0.39, 0.29) is 5.91 Å². The Morgan fingerprint density at radius 1 is 1.53 bits per heavy atom. The second kappa shape index (κ2) is 5.14. The number of nitrogens with zero attached hydrogens (tertiary/aromatic N) is 3. The minimum Gasteiger partial charge on any atom is -0.360 e. The molecule has 0 bridgehead atoms. The number of carbonyl (C=O) groups excluding carboxylic acids is 1. The standard InChI is InChI=1S/C12H17N3O2/c1-3-12(16)15-6-4-14(5-7-15)9-11-8-10(2)13-17-11/h3,8H,1,4-7,9H2,2H3. The molecule has 0 aliphatic carbocycles. The Bertz CT molecular complexity index is 406. The lowest BCUT2D eigenvalue weighted by atomic mass is 10.3. The highest BCUT2D eigenvalue weighted by Crippen LogP contribution is 2.09. The van der Waals surface area contributed by atoms with Crippen LogP contribution in [0.15, 0.2) is 23.2 Å². The van der Waals surface area contributed by atoms with Crippen LogP contribution in [0, 0.1) is 6.92 Å². The minimum atomic E-state index is 0.0140. The van der Waals surface area contributed by atoms with Crippen LogP contribution in [0.4, 0.5) is 0 Å². The number of rotatable bonds is 3. The van der Waals surface area contributed by atoms with Crippen LogP contribution in [-0.2, 0) is 11.3 Å². The quantitative estimate of drug-likeness (QED) is 0.728. The maximum atomic E-state index is 11.4. The SMILES string of the molecule is C=CC(=O)N1CCN(Cc2cc(C)no2)CC1. The summed E-state index contributed by atoms with van der Waals surface area (Å²) in [5.41, 5.74) is 0.903. The van der Waals surface area contributed by atoms with Gasteiger partial charge in [0.15, 0.2) is 5.76 Å². The molecule has 2 heterocycles. The molecule has 0 aromatic carbocycles. The number of hydrogen-bond acceptors (Lipinski definition) is 4. The van der Waals surface area contributed by atoms with E-state index in [1.54, 1.807) is 0 Å². The molecule has 0 unspecified atom stereocenters. The summed E-state index contributed by atoms with van der Waals surface area (Å²) >= 11 is 0. The van der Waals surface area contributed by atoms with Crippen molar-refractivity contribution in [3.8, 4) is 0 Å². The minimum absolute atomic E-state index is 0.0140. The first-order chi connectivity index (χ1) is 8.19. The number of aromatic nitrogens is 1. The van der Waals surface area contributed by atoms with Gasteiger partial charge in [0.2, 0.25) is 5.91 Å². The zero-order chi connectivity index (χ0) is 12.3. The molecule has 1 aromatic rings. The molecule has 1 fully saturated rings. The Balaban J connectivity index is 1.83. The maximum Gasteiger partial charge on any atom is 0.246 e. The van der Waals surface area contributed by atoms with Gasteiger partial charge in [0, 0.05) is 32.2 Å². The third-order valence-electron chi connectivity index (χ3n) is 2.91. The number of aryl methyl sites for hydroxylation is 1. The van der Waals surface area contributed by atoms with Crippen molar-refractivity contribution in [3.05, 3.63) is 30.2 Å². The van der Waals surface area contributed by atoms with Gasteiger partial charge in [-0.05, 0) is 13.0 Å². The Hall–Kier alpha value is -1.62. The summed E-state index contributed by atoms with van der Waals surface area (Å²) in [4.78, 5) is 15.5. The van der Waals surface area contributed by atoms with Crippen molar-refractivity contribution in [1.82, 2.24) is 15.0 Å². The highest BCUT2D eigenvalue weighted by molar-refractivity contribution is 5.87. The number of hydrogen-bond donors (Lipinski definition) is 0. The second-order valence-corrected chi connectivity index (χ2v) is 4.24. The Kier molecular flexibility index (Phi) is 3.58. The first-order valence-corrected chi connectivity index (χ1v) is 5.75. The average Bonchev–Trinajstić information content (AvgIpc) is 2.75. The van der Waals surface area contributed by atoms with Gasteiger partial charge in [-0.25, -0.2) is 0 Å². The van der Waals surface area contributed by atoms with Gasteiger partial charge in [-0.3, -0.25) is 9.69 Å². The molecule has 2 rings (SSSR count). The van der Waals surface area contributed by atoms with Gasteiger partial charge in [-0.2, -0.15) is 0 Å². The number of piperazine rings is 1. The molecule has 1 saturated heterocycles. The van der Waals surface area contributed by atoms with E-state index in [1.165, 1.54) is 6.08 Å². The summed E-state index contributed by atoms with van der Waals surface area (Å²) in [7, 11) is 0. The van der Waals surface area contributed by atoms with Crippen molar-refractivity contribution in [1.29, 1.82) is 0 Å². The van der Waals surface area contributed by atoms with Crippen LogP contribution < -0.4 is 0 Å². The van der Waals surface area contributed by atoms with Gasteiger partial charge in [-0.15, -0.1) is 0 Å². The molecule has 0 saturated carbocycles. The molecular weight excluding hydrogens is 218 g/mol. The van der Waals surface area contributed by atoms with E-state index >= 15 is 0 Å². The zero-order valence-electron chi connectivity index (χ0n) is 10.1. The zero-order valence-corrected chi connectivity index (χ0v) is 10.1. The average molecular weight is 235 g/mol. The summed E-state index contributed by atoms with van der Waals surface area (Å²) in [6.07, 6.45) is 1.37. The molecule has 1 aliphatic heterocycles. The van der Waals surface area contributed by atoms with Crippen LogP contribution in [0.5, 0.6) is 0 Å². The molecule has 17 heavy (non-hydrogen) atoms. The fourth-order valence-corrected chi connectivity index (χ4v) is 1.97. The highest BCUT2D eigenvalue weighted by atomic mass is 16.5. The summed E-state index contributed by atoms with van der Waals surface area (Å²) < 4.78 is 5.17. The molecule has 1 amide bonds. The van der Waals surface area contributed by atoms with Crippen molar-refractivity contribution in [2.24, 2.45) is 0 Å². The highest BCUT2D eigenvalue weighted by Gasteiger charge is 2.20. The van der Waals surface area contributed by atoms with Crippen LogP contribution in [0.2, 0.25) is 0 Å². The first kappa shape index (κ1) is 11.9.